The molecule has 1 heterocycles. The number of nitrogens with one attached hydrogen (secondary N) is 2. The smallest absolute Gasteiger partial charge is 0.306 e. The van der Waals surface area contributed by atoms with Gasteiger partial charge in [-0.25, -0.2) is 0 Å². The lowest BCUT2D eigenvalue weighted by molar-refractivity contribution is -0.142. The van der Waals surface area contributed by atoms with Gasteiger partial charge in [0.2, 0.25) is 5.88 Å². The van der Waals surface area contributed by atoms with Gasteiger partial charge in [0.1, 0.15) is 11.4 Å². The van der Waals surface area contributed by atoms with E-state index in [1.165, 1.54) is 0 Å². The molecule has 0 atom stereocenters. The van der Waals surface area contributed by atoms with Gasteiger partial charge in [-0.05, 0) is 38.7 Å². The van der Waals surface area contributed by atoms with Gasteiger partial charge < -0.3 is 20.9 Å². The minimum Gasteiger partial charge on any atom is -0.481 e. The highest BCUT2D eigenvalue weighted by Crippen LogP contribution is 2.26. The first-order chi connectivity index (χ1) is 14.4. The van der Waals surface area contributed by atoms with E-state index in [1.54, 1.807) is 37.3 Å². The zero-order valence-electron chi connectivity index (χ0n) is 16.7. The summed E-state index contributed by atoms with van der Waals surface area (Å²) >= 11 is 0. The fourth-order valence-corrected chi connectivity index (χ4v) is 3.50. The molecule has 30 heavy (non-hydrogen) atoms. The number of carboxylic acids is 1. The fraction of sp³-hybridized carbons (Fsp3) is 0.381. The lowest BCUT2D eigenvalue weighted by Crippen LogP contribution is -2.39. The van der Waals surface area contributed by atoms with Crippen molar-refractivity contribution in [3.8, 4) is 17.1 Å². The maximum Gasteiger partial charge on any atom is 0.306 e. The topological polar surface area (TPSA) is 151 Å². The van der Waals surface area contributed by atoms with Crippen LogP contribution >= 0.6 is 0 Å². The number of rotatable bonds is 7. The van der Waals surface area contributed by atoms with Crippen LogP contribution in [0.1, 0.15) is 48.5 Å². The predicted molar refractivity (Wildman–Crippen MR) is 111 cm³/mol. The molecule has 3 rings (SSSR count). The van der Waals surface area contributed by atoms with Gasteiger partial charge in [0, 0.05) is 17.2 Å². The molecular weight excluding hydrogens is 386 g/mol. The van der Waals surface area contributed by atoms with Gasteiger partial charge in [0.25, 0.3) is 5.91 Å². The van der Waals surface area contributed by atoms with E-state index in [-0.39, 0.29) is 35.1 Å². The molecule has 1 amide bonds. The molecule has 0 aliphatic heterocycles. The van der Waals surface area contributed by atoms with Crippen molar-refractivity contribution in [2.24, 2.45) is 11.7 Å². The Balaban J connectivity index is 1.79. The Morgan fingerprint density at radius 3 is 2.43 bits per heavy atom. The second kappa shape index (κ2) is 9.34. The van der Waals surface area contributed by atoms with Crippen LogP contribution < -0.4 is 15.8 Å². The van der Waals surface area contributed by atoms with Crippen LogP contribution in [0.25, 0.3) is 11.3 Å². The van der Waals surface area contributed by atoms with Crippen molar-refractivity contribution in [3.63, 3.8) is 0 Å². The summed E-state index contributed by atoms with van der Waals surface area (Å²) in [5.41, 5.74) is 7.58. The van der Waals surface area contributed by atoms with Gasteiger partial charge >= 0.3 is 5.97 Å². The molecule has 1 aliphatic rings. The zero-order valence-corrected chi connectivity index (χ0v) is 16.7. The van der Waals surface area contributed by atoms with E-state index in [9.17, 15) is 9.59 Å². The number of aromatic nitrogens is 2. The number of hydrogen-bond acceptors (Lipinski definition) is 6. The van der Waals surface area contributed by atoms with Crippen molar-refractivity contribution >= 4 is 17.7 Å². The summed E-state index contributed by atoms with van der Waals surface area (Å²) in [4.78, 5) is 24.0. The first kappa shape index (κ1) is 21.2. The van der Waals surface area contributed by atoms with Crippen molar-refractivity contribution in [1.29, 1.82) is 5.41 Å². The number of aliphatic carboxylic acids is 1. The molecule has 158 valence electrons. The van der Waals surface area contributed by atoms with Crippen LogP contribution in [0, 0.1) is 11.3 Å². The first-order valence-electron chi connectivity index (χ1n) is 9.88. The number of carbonyl (C=O) groups is 2. The van der Waals surface area contributed by atoms with Gasteiger partial charge in [-0.1, -0.05) is 24.3 Å². The average molecular weight is 411 g/mol. The number of carbonyl (C=O) groups excluding carboxylic acids is 1. The average Bonchev–Trinajstić information content (AvgIpc) is 2.74. The molecule has 0 saturated heterocycles. The van der Waals surface area contributed by atoms with Gasteiger partial charge in [0.05, 0.1) is 18.2 Å². The number of hydrogen-bond donors (Lipinski definition) is 4. The molecule has 1 saturated carbocycles. The Kier molecular flexibility index (Phi) is 6.61. The quantitative estimate of drug-likeness (QED) is 0.403. The van der Waals surface area contributed by atoms with Crippen molar-refractivity contribution in [2.75, 3.05) is 6.61 Å². The normalized spacial score (nSPS) is 18.4. The van der Waals surface area contributed by atoms with Crippen LogP contribution in [0.4, 0.5) is 0 Å². The number of amides is 1. The maximum absolute atomic E-state index is 12.9. The highest BCUT2D eigenvalue weighted by molar-refractivity contribution is 5.98. The number of ether oxygens (including phenoxy) is 1. The molecule has 5 N–H and O–H groups in total. The molecule has 2 aromatic rings. The van der Waals surface area contributed by atoms with Crippen LogP contribution in [-0.2, 0) is 4.79 Å². The standard InChI is InChI=1S/C21H25N5O4/c1-2-30-20-16(19(27)24-15-9-7-14(8-10-15)21(28)29)11-17(25-26-20)12-3-5-13(6-4-12)18(22)23/h3-6,11,14-15H,2,7-10H2,1H3,(H3,22,23)(H,24,27)(H,28,29). The number of amidine groups is 1. The SMILES string of the molecule is CCOc1nnc(-c2ccc(C(=N)N)cc2)cc1C(=O)NC1CCC(C(=O)O)CC1. The van der Waals surface area contributed by atoms with Gasteiger partial charge in [-0.2, -0.15) is 0 Å². The van der Waals surface area contributed by atoms with Crippen LogP contribution in [0.2, 0.25) is 0 Å². The molecule has 9 heteroatoms. The highest BCUT2D eigenvalue weighted by Gasteiger charge is 2.28. The summed E-state index contributed by atoms with van der Waals surface area (Å²) in [6, 6.07) is 8.46. The molecule has 1 aliphatic carbocycles. The minimum atomic E-state index is -0.780. The summed E-state index contributed by atoms with van der Waals surface area (Å²) in [6.07, 6.45) is 2.32. The van der Waals surface area contributed by atoms with Crippen LogP contribution in [-0.4, -0.2) is 45.7 Å². The van der Waals surface area contributed by atoms with E-state index in [4.69, 9.17) is 21.0 Å². The second-order valence-corrected chi connectivity index (χ2v) is 7.23. The van der Waals surface area contributed by atoms with E-state index < -0.39 is 5.97 Å². The van der Waals surface area contributed by atoms with Crippen LogP contribution in [0.5, 0.6) is 5.88 Å². The summed E-state index contributed by atoms with van der Waals surface area (Å²) in [5, 5.41) is 27.8. The molecule has 0 radical (unpaired) electrons. The number of nitrogens with two attached hydrogens (primary N) is 1. The van der Waals surface area contributed by atoms with E-state index in [0.717, 1.165) is 5.56 Å². The summed E-state index contributed by atoms with van der Waals surface area (Å²) in [5.74, 6) is -1.33. The van der Waals surface area contributed by atoms with Crippen LogP contribution in [0.15, 0.2) is 30.3 Å². The monoisotopic (exact) mass is 411 g/mol. The van der Waals surface area contributed by atoms with Crippen molar-refractivity contribution in [1.82, 2.24) is 15.5 Å². The fourth-order valence-electron chi connectivity index (χ4n) is 3.50. The Hall–Kier alpha value is -3.49. The lowest BCUT2D eigenvalue weighted by atomic mass is 9.86. The molecular formula is C21H25N5O4. The van der Waals surface area contributed by atoms with E-state index in [1.807, 2.05) is 0 Å². The number of benzene rings is 1. The van der Waals surface area contributed by atoms with Gasteiger partial charge in [-0.15, -0.1) is 10.2 Å². The Bertz CT molecular complexity index is 937. The third-order valence-corrected chi connectivity index (χ3v) is 5.19. The first-order valence-corrected chi connectivity index (χ1v) is 9.88. The minimum absolute atomic E-state index is 0.0305. The third kappa shape index (κ3) is 4.91. The Morgan fingerprint density at radius 2 is 1.87 bits per heavy atom. The zero-order chi connectivity index (χ0) is 21.7. The Labute approximate surface area is 174 Å². The lowest BCUT2D eigenvalue weighted by Gasteiger charge is -2.27. The van der Waals surface area contributed by atoms with Crippen molar-refractivity contribution < 1.29 is 19.4 Å². The predicted octanol–water partition coefficient (Wildman–Crippen LogP) is 2.20. The molecule has 1 aromatic heterocycles. The van der Waals surface area contributed by atoms with E-state index in [0.29, 0.717) is 43.5 Å². The Morgan fingerprint density at radius 1 is 1.20 bits per heavy atom. The summed E-state index contributed by atoms with van der Waals surface area (Å²) in [6.45, 7) is 2.14. The molecule has 0 bridgehead atoms. The van der Waals surface area contributed by atoms with E-state index in [2.05, 4.69) is 15.5 Å². The van der Waals surface area contributed by atoms with Gasteiger partial charge in [0.15, 0.2) is 0 Å². The summed E-state index contributed by atoms with van der Waals surface area (Å²) in [7, 11) is 0. The van der Waals surface area contributed by atoms with Crippen molar-refractivity contribution in [3.05, 3.63) is 41.5 Å². The van der Waals surface area contributed by atoms with E-state index >= 15 is 0 Å². The third-order valence-electron chi connectivity index (χ3n) is 5.19. The second-order valence-electron chi connectivity index (χ2n) is 7.23. The van der Waals surface area contributed by atoms with Crippen LogP contribution in [0.3, 0.4) is 0 Å². The van der Waals surface area contributed by atoms with Crippen molar-refractivity contribution in [2.45, 2.75) is 38.6 Å². The highest BCUT2D eigenvalue weighted by atomic mass is 16.5. The molecule has 9 nitrogen and oxygen atoms in total. The summed E-state index contributed by atoms with van der Waals surface area (Å²) < 4.78 is 5.48. The number of nitrogens with zero attached hydrogens (tertiary/aromatic N) is 2. The maximum atomic E-state index is 12.9. The molecule has 0 spiro atoms. The largest absolute Gasteiger partial charge is 0.481 e. The number of carboxylic acid groups (broad SMARTS) is 1. The number of nitrogen functional groups attached to an aromatic ring is 1. The molecule has 1 fully saturated rings. The van der Waals surface area contributed by atoms with Gasteiger partial charge in [-0.3, -0.25) is 15.0 Å². The molecule has 0 unspecified atom stereocenters. The molecule has 1 aromatic carbocycles.